The predicted octanol–water partition coefficient (Wildman–Crippen LogP) is 2.39. The minimum atomic E-state index is 0.143. The molecule has 1 saturated heterocycles. The van der Waals surface area contributed by atoms with Crippen LogP contribution in [0.4, 0.5) is 0 Å². The average Bonchev–Trinajstić information content (AvgIpc) is 2.73. The minimum absolute atomic E-state index is 0.143. The molecule has 0 aliphatic carbocycles. The van der Waals surface area contributed by atoms with Crippen LogP contribution in [0.15, 0.2) is 21.2 Å². The summed E-state index contributed by atoms with van der Waals surface area (Å²) in [5.41, 5.74) is 0. The van der Waals surface area contributed by atoms with Crippen LogP contribution in [-0.4, -0.2) is 30.4 Å². The average molecular weight is 315 g/mol. The highest BCUT2D eigenvalue weighted by molar-refractivity contribution is 9.10. The molecular formula is C13H19BrN2O2. The Morgan fingerprint density at radius 3 is 3.00 bits per heavy atom. The molecule has 2 atom stereocenters. The van der Waals surface area contributed by atoms with Crippen LogP contribution in [0.5, 0.6) is 0 Å². The molecule has 1 aromatic rings. The lowest BCUT2D eigenvalue weighted by Crippen LogP contribution is -2.42. The topological polar surface area (TPSA) is 45.5 Å². The predicted molar refractivity (Wildman–Crippen MR) is 73.1 cm³/mol. The van der Waals surface area contributed by atoms with Gasteiger partial charge in [-0.05, 0) is 54.4 Å². The van der Waals surface area contributed by atoms with E-state index in [2.05, 4.69) is 28.2 Å². The van der Waals surface area contributed by atoms with Gasteiger partial charge in [0.2, 0.25) is 5.91 Å². The molecule has 5 heteroatoms. The first kappa shape index (κ1) is 13.6. The lowest BCUT2D eigenvalue weighted by atomic mass is 9.92. The fourth-order valence-corrected chi connectivity index (χ4v) is 2.76. The van der Waals surface area contributed by atoms with Crippen LogP contribution in [0.3, 0.4) is 0 Å². The van der Waals surface area contributed by atoms with Crippen molar-refractivity contribution in [2.75, 3.05) is 13.6 Å². The largest absolute Gasteiger partial charge is 0.452 e. The van der Waals surface area contributed by atoms with Crippen LogP contribution in [-0.2, 0) is 11.3 Å². The summed E-state index contributed by atoms with van der Waals surface area (Å²) >= 11 is 3.27. The maximum Gasteiger partial charge on any atom is 0.225 e. The van der Waals surface area contributed by atoms with Crippen molar-refractivity contribution in [3.63, 3.8) is 0 Å². The first-order valence-corrected chi connectivity index (χ1v) is 7.08. The van der Waals surface area contributed by atoms with Gasteiger partial charge in [0.15, 0.2) is 4.67 Å². The second kappa shape index (κ2) is 5.89. The highest BCUT2D eigenvalue weighted by atomic mass is 79.9. The SMILES string of the molecule is CC1CC(C(=O)N(C)Cc2ccc(Br)o2)CCN1. The van der Waals surface area contributed by atoms with Gasteiger partial charge in [-0.2, -0.15) is 0 Å². The third-order valence-electron chi connectivity index (χ3n) is 3.37. The van der Waals surface area contributed by atoms with Crippen LogP contribution in [0.1, 0.15) is 25.5 Å². The van der Waals surface area contributed by atoms with Crippen molar-refractivity contribution in [3.8, 4) is 0 Å². The number of halogens is 1. The number of rotatable bonds is 3. The van der Waals surface area contributed by atoms with Gasteiger partial charge in [-0.1, -0.05) is 0 Å². The maximum atomic E-state index is 12.3. The Labute approximate surface area is 116 Å². The molecular weight excluding hydrogens is 296 g/mol. The zero-order chi connectivity index (χ0) is 13.1. The van der Waals surface area contributed by atoms with Crippen molar-refractivity contribution in [2.45, 2.75) is 32.4 Å². The third kappa shape index (κ3) is 3.36. The van der Waals surface area contributed by atoms with Gasteiger partial charge in [0.05, 0.1) is 6.54 Å². The molecule has 2 rings (SSSR count). The Balaban J connectivity index is 1.91. The van der Waals surface area contributed by atoms with Crippen molar-refractivity contribution in [1.29, 1.82) is 0 Å². The van der Waals surface area contributed by atoms with Crippen molar-refractivity contribution in [1.82, 2.24) is 10.2 Å². The number of carbonyl (C=O) groups is 1. The van der Waals surface area contributed by atoms with E-state index >= 15 is 0 Å². The second-order valence-electron chi connectivity index (χ2n) is 4.98. The Morgan fingerprint density at radius 2 is 2.39 bits per heavy atom. The fraction of sp³-hybridized carbons (Fsp3) is 0.615. The Bertz CT molecular complexity index is 419. The summed E-state index contributed by atoms with van der Waals surface area (Å²) in [4.78, 5) is 14.1. The van der Waals surface area contributed by atoms with E-state index in [0.717, 1.165) is 25.1 Å². The highest BCUT2D eigenvalue weighted by Crippen LogP contribution is 2.20. The monoisotopic (exact) mass is 314 g/mol. The molecule has 0 spiro atoms. The Hall–Kier alpha value is -0.810. The molecule has 0 saturated carbocycles. The number of furan rings is 1. The lowest BCUT2D eigenvalue weighted by Gasteiger charge is -2.30. The zero-order valence-electron chi connectivity index (χ0n) is 10.8. The molecule has 2 unspecified atom stereocenters. The van der Waals surface area contributed by atoms with Crippen LogP contribution in [0.25, 0.3) is 0 Å². The van der Waals surface area contributed by atoms with Gasteiger partial charge in [-0.15, -0.1) is 0 Å². The van der Waals surface area contributed by atoms with E-state index in [1.807, 2.05) is 19.2 Å². The number of nitrogens with zero attached hydrogens (tertiary/aromatic N) is 1. The van der Waals surface area contributed by atoms with Gasteiger partial charge in [-0.25, -0.2) is 0 Å². The maximum absolute atomic E-state index is 12.3. The summed E-state index contributed by atoms with van der Waals surface area (Å²) in [5, 5.41) is 3.36. The summed E-state index contributed by atoms with van der Waals surface area (Å²) in [6.45, 7) is 3.59. The van der Waals surface area contributed by atoms with Crippen molar-refractivity contribution in [2.24, 2.45) is 5.92 Å². The van der Waals surface area contributed by atoms with Crippen LogP contribution in [0.2, 0.25) is 0 Å². The molecule has 1 N–H and O–H groups in total. The third-order valence-corrected chi connectivity index (χ3v) is 3.80. The van der Waals surface area contributed by atoms with Gasteiger partial charge in [0, 0.05) is 19.0 Å². The van der Waals surface area contributed by atoms with E-state index in [-0.39, 0.29) is 11.8 Å². The summed E-state index contributed by atoms with van der Waals surface area (Å²) in [5.74, 6) is 1.17. The van der Waals surface area contributed by atoms with Crippen LogP contribution >= 0.6 is 15.9 Å². The molecule has 1 aliphatic heterocycles. The molecule has 0 radical (unpaired) electrons. The van der Waals surface area contributed by atoms with Crippen molar-refractivity contribution in [3.05, 3.63) is 22.6 Å². The molecule has 18 heavy (non-hydrogen) atoms. The molecule has 1 fully saturated rings. The van der Waals surface area contributed by atoms with Crippen LogP contribution in [0, 0.1) is 5.92 Å². The highest BCUT2D eigenvalue weighted by Gasteiger charge is 2.27. The van der Waals surface area contributed by atoms with E-state index in [0.29, 0.717) is 17.3 Å². The zero-order valence-corrected chi connectivity index (χ0v) is 12.4. The molecule has 0 bridgehead atoms. The van der Waals surface area contributed by atoms with Crippen molar-refractivity contribution >= 4 is 21.8 Å². The summed E-state index contributed by atoms with van der Waals surface area (Å²) in [6.07, 6.45) is 1.85. The van der Waals surface area contributed by atoms with E-state index in [4.69, 9.17) is 4.42 Å². The number of hydrogen-bond donors (Lipinski definition) is 1. The molecule has 2 heterocycles. The molecule has 100 valence electrons. The van der Waals surface area contributed by atoms with Gasteiger partial charge in [0.1, 0.15) is 5.76 Å². The van der Waals surface area contributed by atoms with E-state index in [1.165, 1.54) is 0 Å². The minimum Gasteiger partial charge on any atom is -0.452 e. The first-order chi connectivity index (χ1) is 8.56. The molecule has 1 aliphatic rings. The Kier molecular flexibility index (Phi) is 4.45. The fourth-order valence-electron chi connectivity index (χ4n) is 2.42. The van der Waals surface area contributed by atoms with Gasteiger partial charge in [0.25, 0.3) is 0 Å². The summed E-state index contributed by atoms with van der Waals surface area (Å²) in [6, 6.07) is 4.16. The second-order valence-corrected chi connectivity index (χ2v) is 5.76. The van der Waals surface area contributed by atoms with Crippen molar-refractivity contribution < 1.29 is 9.21 Å². The first-order valence-electron chi connectivity index (χ1n) is 6.29. The number of carbonyl (C=O) groups excluding carboxylic acids is 1. The van der Waals surface area contributed by atoms with Gasteiger partial charge < -0.3 is 14.6 Å². The number of nitrogens with one attached hydrogen (secondary N) is 1. The normalized spacial score (nSPS) is 23.9. The molecule has 1 amide bonds. The number of hydrogen-bond acceptors (Lipinski definition) is 3. The molecule has 4 nitrogen and oxygen atoms in total. The summed E-state index contributed by atoms with van der Waals surface area (Å²) < 4.78 is 6.13. The Morgan fingerprint density at radius 1 is 1.61 bits per heavy atom. The molecule has 1 aromatic heterocycles. The van der Waals surface area contributed by atoms with Gasteiger partial charge in [-0.3, -0.25) is 4.79 Å². The standard InChI is InChI=1S/C13H19BrN2O2/c1-9-7-10(5-6-15-9)13(17)16(2)8-11-3-4-12(14)18-11/h3-4,9-10,15H,5-8H2,1-2H3. The van der Waals surface area contributed by atoms with E-state index in [9.17, 15) is 4.79 Å². The summed E-state index contributed by atoms with van der Waals surface area (Å²) in [7, 11) is 1.84. The lowest BCUT2D eigenvalue weighted by molar-refractivity contribution is -0.136. The molecule has 0 aromatic carbocycles. The number of amides is 1. The van der Waals surface area contributed by atoms with E-state index in [1.54, 1.807) is 4.90 Å². The van der Waals surface area contributed by atoms with Gasteiger partial charge >= 0.3 is 0 Å². The number of piperidine rings is 1. The van der Waals surface area contributed by atoms with Crippen LogP contribution < -0.4 is 5.32 Å². The quantitative estimate of drug-likeness (QED) is 0.931. The smallest absolute Gasteiger partial charge is 0.225 e. The van der Waals surface area contributed by atoms with E-state index < -0.39 is 0 Å².